The molecular formula is C22H24BrNO2. The Bertz CT molecular complexity index is 838. The highest BCUT2D eigenvalue weighted by atomic mass is 79.9. The second-order valence-electron chi connectivity index (χ2n) is 7.62. The van der Waals surface area contributed by atoms with Crippen molar-refractivity contribution in [2.24, 2.45) is 5.92 Å². The first kappa shape index (κ1) is 17.6. The number of halogens is 1. The Kier molecular flexibility index (Phi) is 4.55. The van der Waals surface area contributed by atoms with Crippen molar-refractivity contribution < 1.29 is 9.90 Å². The number of carbonyl (C=O) groups is 1. The molecule has 3 nitrogen and oxygen atoms in total. The molecule has 0 radical (unpaired) electrons. The highest BCUT2D eigenvalue weighted by Crippen LogP contribution is 2.53. The number of hydrogen-bond acceptors (Lipinski definition) is 2. The van der Waals surface area contributed by atoms with Crippen molar-refractivity contribution in [2.45, 2.75) is 50.9 Å². The molecule has 1 saturated carbocycles. The van der Waals surface area contributed by atoms with Crippen LogP contribution in [-0.2, 0) is 10.2 Å². The Hall–Kier alpha value is -1.81. The van der Waals surface area contributed by atoms with Gasteiger partial charge in [0.1, 0.15) is 11.2 Å². The van der Waals surface area contributed by atoms with E-state index in [2.05, 4.69) is 33.4 Å². The SMILES string of the molecule is Cc1ccc2c(c1Br)NC(=O)C2(c1ccc(O)cc1)C1CCCCCC1. The van der Waals surface area contributed by atoms with E-state index in [1.54, 1.807) is 12.1 Å². The van der Waals surface area contributed by atoms with Gasteiger partial charge in [-0.15, -0.1) is 0 Å². The van der Waals surface area contributed by atoms with Gasteiger partial charge in [-0.1, -0.05) is 49.9 Å². The fourth-order valence-electron chi connectivity index (χ4n) is 4.83. The van der Waals surface area contributed by atoms with Crippen molar-refractivity contribution in [2.75, 3.05) is 5.32 Å². The average molecular weight is 414 g/mol. The van der Waals surface area contributed by atoms with Gasteiger partial charge in [0.2, 0.25) is 5.91 Å². The summed E-state index contributed by atoms with van der Waals surface area (Å²) >= 11 is 3.68. The number of hydrogen-bond donors (Lipinski definition) is 2. The van der Waals surface area contributed by atoms with E-state index in [0.717, 1.165) is 39.7 Å². The van der Waals surface area contributed by atoms with Crippen molar-refractivity contribution >= 4 is 27.5 Å². The Labute approximate surface area is 162 Å². The molecule has 2 N–H and O–H groups in total. The van der Waals surface area contributed by atoms with Gasteiger partial charge in [0.15, 0.2) is 0 Å². The number of benzene rings is 2. The predicted octanol–water partition coefficient (Wildman–Crippen LogP) is 5.67. The molecule has 4 heteroatoms. The van der Waals surface area contributed by atoms with E-state index in [-0.39, 0.29) is 17.6 Å². The van der Waals surface area contributed by atoms with E-state index >= 15 is 0 Å². The molecule has 2 aromatic carbocycles. The van der Waals surface area contributed by atoms with Gasteiger partial charge in [0.25, 0.3) is 0 Å². The molecule has 0 saturated heterocycles. The van der Waals surface area contributed by atoms with E-state index in [9.17, 15) is 9.90 Å². The average Bonchev–Trinajstić information content (AvgIpc) is 2.80. The molecule has 1 aliphatic carbocycles. The Morgan fingerprint density at radius 2 is 1.69 bits per heavy atom. The lowest BCUT2D eigenvalue weighted by molar-refractivity contribution is -0.121. The number of rotatable bonds is 2. The van der Waals surface area contributed by atoms with Crippen LogP contribution in [0.2, 0.25) is 0 Å². The maximum atomic E-state index is 13.5. The normalized spacial score (nSPS) is 23.4. The van der Waals surface area contributed by atoms with E-state index in [1.807, 2.05) is 19.1 Å². The van der Waals surface area contributed by atoms with Crippen LogP contribution in [0.5, 0.6) is 5.75 Å². The number of anilines is 1. The number of aryl methyl sites for hydroxylation is 1. The second-order valence-corrected chi connectivity index (χ2v) is 8.41. The van der Waals surface area contributed by atoms with E-state index < -0.39 is 5.41 Å². The van der Waals surface area contributed by atoms with Gasteiger partial charge in [-0.2, -0.15) is 0 Å². The summed E-state index contributed by atoms with van der Waals surface area (Å²) in [6, 6.07) is 11.4. The molecule has 2 aromatic rings. The number of phenols is 1. The third kappa shape index (κ3) is 2.58. The van der Waals surface area contributed by atoms with Crippen molar-refractivity contribution in [1.29, 1.82) is 0 Å². The standard InChI is InChI=1S/C22H24BrNO2/c1-14-8-13-18-20(19(14)23)24-21(26)22(18,15-6-4-2-3-5-7-15)16-9-11-17(25)12-10-16/h8-13,15,25H,2-7H2,1H3,(H,24,26). The van der Waals surface area contributed by atoms with Crippen molar-refractivity contribution in [3.8, 4) is 5.75 Å². The van der Waals surface area contributed by atoms with Gasteiger partial charge >= 0.3 is 0 Å². The first-order valence-electron chi connectivity index (χ1n) is 9.45. The van der Waals surface area contributed by atoms with Gasteiger partial charge in [-0.05, 0) is 70.4 Å². The molecule has 1 atom stereocenters. The third-order valence-corrected chi connectivity index (χ3v) is 7.17. The van der Waals surface area contributed by atoms with Gasteiger partial charge in [0, 0.05) is 4.47 Å². The van der Waals surface area contributed by atoms with Crippen molar-refractivity contribution in [1.82, 2.24) is 0 Å². The number of phenolic OH excluding ortho intramolecular Hbond substituents is 1. The summed E-state index contributed by atoms with van der Waals surface area (Å²) < 4.78 is 0.970. The summed E-state index contributed by atoms with van der Waals surface area (Å²) in [5.41, 5.74) is 3.40. The van der Waals surface area contributed by atoms with E-state index in [1.165, 1.54) is 25.7 Å². The molecule has 4 rings (SSSR count). The molecular weight excluding hydrogens is 390 g/mol. The molecule has 26 heavy (non-hydrogen) atoms. The van der Waals surface area contributed by atoms with Crippen LogP contribution in [0.15, 0.2) is 40.9 Å². The van der Waals surface area contributed by atoms with Gasteiger partial charge in [0.05, 0.1) is 5.69 Å². The van der Waals surface area contributed by atoms with Crippen LogP contribution in [0, 0.1) is 12.8 Å². The number of fused-ring (bicyclic) bond motifs is 1. The maximum Gasteiger partial charge on any atom is 0.239 e. The topological polar surface area (TPSA) is 49.3 Å². The lowest BCUT2D eigenvalue weighted by Crippen LogP contribution is -2.43. The largest absolute Gasteiger partial charge is 0.508 e. The zero-order valence-electron chi connectivity index (χ0n) is 15.0. The minimum Gasteiger partial charge on any atom is -0.508 e. The van der Waals surface area contributed by atoms with Gasteiger partial charge in [-0.3, -0.25) is 4.79 Å². The fourth-order valence-corrected chi connectivity index (χ4v) is 5.27. The Morgan fingerprint density at radius 3 is 2.35 bits per heavy atom. The Balaban J connectivity index is 1.97. The number of nitrogens with one attached hydrogen (secondary N) is 1. The molecule has 1 fully saturated rings. The van der Waals surface area contributed by atoms with Crippen LogP contribution < -0.4 is 5.32 Å². The van der Waals surface area contributed by atoms with Gasteiger partial charge in [-0.25, -0.2) is 0 Å². The van der Waals surface area contributed by atoms with Crippen LogP contribution in [0.4, 0.5) is 5.69 Å². The van der Waals surface area contributed by atoms with Crippen molar-refractivity contribution in [3.63, 3.8) is 0 Å². The zero-order chi connectivity index (χ0) is 18.3. The Morgan fingerprint density at radius 1 is 1.04 bits per heavy atom. The highest BCUT2D eigenvalue weighted by molar-refractivity contribution is 9.10. The minimum absolute atomic E-state index is 0.0661. The van der Waals surface area contributed by atoms with E-state index in [0.29, 0.717) is 0 Å². The first-order valence-corrected chi connectivity index (χ1v) is 10.2. The fraction of sp³-hybridized carbons (Fsp3) is 0.409. The molecule has 2 aliphatic rings. The summed E-state index contributed by atoms with van der Waals surface area (Å²) in [6.45, 7) is 2.04. The van der Waals surface area contributed by atoms with Crippen LogP contribution in [0.1, 0.15) is 55.2 Å². The number of amides is 1. The molecule has 1 aliphatic heterocycles. The number of carbonyl (C=O) groups excluding carboxylic acids is 1. The van der Waals surface area contributed by atoms with Crippen LogP contribution in [0.25, 0.3) is 0 Å². The van der Waals surface area contributed by atoms with Crippen LogP contribution in [0.3, 0.4) is 0 Å². The van der Waals surface area contributed by atoms with Crippen LogP contribution in [-0.4, -0.2) is 11.0 Å². The van der Waals surface area contributed by atoms with Gasteiger partial charge < -0.3 is 10.4 Å². The molecule has 136 valence electrons. The lowest BCUT2D eigenvalue weighted by Gasteiger charge is -2.36. The monoisotopic (exact) mass is 413 g/mol. The maximum absolute atomic E-state index is 13.5. The minimum atomic E-state index is -0.677. The highest BCUT2D eigenvalue weighted by Gasteiger charge is 2.53. The first-order chi connectivity index (χ1) is 12.5. The molecule has 1 unspecified atom stereocenters. The summed E-state index contributed by atoms with van der Waals surface area (Å²) in [6.07, 6.45) is 6.93. The molecule has 0 bridgehead atoms. The smallest absolute Gasteiger partial charge is 0.239 e. The summed E-state index contributed by atoms with van der Waals surface area (Å²) in [4.78, 5) is 13.5. The zero-order valence-corrected chi connectivity index (χ0v) is 16.6. The molecule has 1 amide bonds. The van der Waals surface area contributed by atoms with Crippen molar-refractivity contribution in [3.05, 3.63) is 57.6 Å². The second kappa shape index (κ2) is 6.73. The third-order valence-electron chi connectivity index (χ3n) is 6.15. The predicted molar refractivity (Wildman–Crippen MR) is 108 cm³/mol. The molecule has 0 spiro atoms. The summed E-state index contributed by atoms with van der Waals surface area (Å²) in [5.74, 6) is 0.565. The van der Waals surface area contributed by atoms with Crippen LogP contribution >= 0.6 is 15.9 Å². The molecule has 0 aromatic heterocycles. The summed E-state index contributed by atoms with van der Waals surface area (Å²) in [7, 11) is 0. The molecule has 1 heterocycles. The summed E-state index contributed by atoms with van der Waals surface area (Å²) in [5, 5.41) is 13.0. The quantitative estimate of drug-likeness (QED) is 0.622. The van der Waals surface area contributed by atoms with E-state index in [4.69, 9.17) is 0 Å². The lowest BCUT2D eigenvalue weighted by atomic mass is 9.64. The number of aromatic hydroxyl groups is 1.